The summed E-state index contributed by atoms with van der Waals surface area (Å²) in [6.07, 6.45) is 0.938. The van der Waals surface area contributed by atoms with E-state index in [4.69, 9.17) is 10.3 Å². The summed E-state index contributed by atoms with van der Waals surface area (Å²) in [4.78, 5) is 14.6. The van der Waals surface area contributed by atoms with E-state index in [0.29, 0.717) is 17.8 Å². The van der Waals surface area contributed by atoms with Gasteiger partial charge in [-0.3, -0.25) is 4.79 Å². The maximum Gasteiger partial charge on any atom is 0.259 e. The van der Waals surface area contributed by atoms with Gasteiger partial charge in [0.05, 0.1) is 4.88 Å². The molecule has 3 N–H and O–H groups in total. The van der Waals surface area contributed by atoms with Gasteiger partial charge >= 0.3 is 0 Å². The first-order valence-electron chi connectivity index (χ1n) is 7.35. The number of thiophene rings is 1. The molecule has 0 aliphatic carbocycles. The van der Waals surface area contributed by atoms with Crippen LogP contribution in [0, 0.1) is 0 Å². The summed E-state index contributed by atoms with van der Waals surface area (Å²) in [5.74, 6) is -0.244. The summed E-state index contributed by atoms with van der Waals surface area (Å²) < 4.78 is 5.04. The van der Waals surface area contributed by atoms with Crippen molar-refractivity contribution >= 4 is 23.1 Å². The minimum absolute atomic E-state index is 0.0389. The fraction of sp³-hybridized carbons (Fsp3) is 0.176. The predicted octanol–water partition coefficient (Wildman–Crippen LogP) is 3.48. The van der Waals surface area contributed by atoms with Gasteiger partial charge in [0, 0.05) is 11.4 Å². The molecule has 0 bridgehead atoms. The Labute approximate surface area is 138 Å². The molecule has 0 aliphatic rings. The SMILES string of the molecule is CCc1ccc(-c2noc(N)c2C(=O)NCc2ccccc2)s1. The molecule has 1 amide bonds. The van der Waals surface area contributed by atoms with E-state index in [1.807, 2.05) is 42.5 Å². The number of nitrogens with zero attached hydrogens (tertiary/aromatic N) is 1. The molecule has 3 aromatic rings. The summed E-state index contributed by atoms with van der Waals surface area (Å²) in [6.45, 7) is 2.51. The first-order valence-corrected chi connectivity index (χ1v) is 8.17. The number of nitrogens with one attached hydrogen (secondary N) is 1. The van der Waals surface area contributed by atoms with Gasteiger partial charge in [-0.15, -0.1) is 11.3 Å². The summed E-state index contributed by atoms with van der Waals surface area (Å²) in [7, 11) is 0. The van der Waals surface area contributed by atoms with Crippen molar-refractivity contribution in [3.05, 3.63) is 58.5 Å². The minimum Gasteiger partial charge on any atom is -0.367 e. The Morgan fingerprint density at radius 1 is 1.26 bits per heavy atom. The third-order valence-corrected chi connectivity index (χ3v) is 4.72. The molecule has 23 heavy (non-hydrogen) atoms. The first kappa shape index (κ1) is 15.3. The van der Waals surface area contributed by atoms with E-state index in [0.717, 1.165) is 16.9 Å². The zero-order valence-electron chi connectivity index (χ0n) is 12.7. The molecule has 1 aromatic carbocycles. The first-order chi connectivity index (χ1) is 11.2. The Bertz CT molecular complexity index is 808. The van der Waals surface area contributed by atoms with Crippen molar-refractivity contribution in [3.63, 3.8) is 0 Å². The van der Waals surface area contributed by atoms with Crippen LogP contribution in [0.15, 0.2) is 47.0 Å². The van der Waals surface area contributed by atoms with Gasteiger partial charge in [-0.1, -0.05) is 42.4 Å². The Morgan fingerprint density at radius 3 is 2.74 bits per heavy atom. The van der Waals surface area contributed by atoms with Crippen LogP contribution in [-0.2, 0) is 13.0 Å². The largest absolute Gasteiger partial charge is 0.367 e. The lowest BCUT2D eigenvalue weighted by Gasteiger charge is -2.05. The summed E-state index contributed by atoms with van der Waals surface area (Å²) in [6, 6.07) is 13.7. The molecular weight excluding hydrogens is 310 g/mol. The molecule has 0 aliphatic heterocycles. The number of nitrogens with two attached hydrogens (primary N) is 1. The highest BCUT2D eigenvalue weighted by Gasteiger charge is 2.23. The number of benzene rings is 1. The number of hydrogen-bond donors (Lipinski definition) is 2. The van der Waals surface area contributed by atoms with Gasteiger partial charge in [0.15, 0.2) is 0 Å². The number of amides is 1. The number of anilines is 1. The number of carbonyl (C=O) groups is 1. The van der Waals surface area contributed by atoms with Crippen molar-refractivity contribution in [2.24, 2.45) is 0 Å². The van der Waals surface area contributed by atoms with Gasteiger partial charge in [0.2, 0.25) is 5.88 Å². The fourth-order valence-electron chi connectivity index (χ4n) is 2.25. The van der Waals surface area contributed by atoms with E-state index in [9.17, 15) is 4.79 Å². The number of rotatable bonds is 5. The van der Waals surface area contributed by atoms with Crippen molar-refractivity contribution in [2.45, 2.75) is 19.9 Å². The monoisotopic (exact) mass is 327 g/mol. The average molecular weight is 327 g/mol. The lowest BCUT2D eigenvalue weighted by molar-refractivity contribution is 0.0952. The third kappa shape index (κ3) is 3.27. The molecule has 5 nitrogen and oxygen atoms in total. The van der Waals surface area contributed by atoms with Crippen molar-refractivity contribution < 1.29 is 9.32 Å². The molecule has 6 heteroatoms. The summed E-state index contributed by atoms with van der Waals surface area (Å²) >= 11 is 1.59. The summed E-state index contributed by atoms with van der Waals surface area (Å²) in [5.41, 5.74) is 7.61. The van der Waals surface area contributed by atoms with Gasteiger partial charge in [0.1, 0.15) is 11.3 Å². The van der Waals surface area contributed by atoms with Gasteiger partial charge in [0.25, 0.3) is 5.91 Å². The van der Waals surface area contributed by atoms with Crippen molar-refractivity contribution in [1.29, 1.82) is 0 Å². The van der Waals surface area contributed by atoms with Gasteiger partial charge in [-0.2, -0.15) is 0 Å². The molecule has 0 radical (unpaired) electrons. The fourth-order valence-corrected chi connectivity index (χ4v) is 3.19. The molecule has 2 aromatic heterocycles. The number of nitrogen functional groups attached to an aromatic ring is 1. The van der Waals surface area contributed by atoms with E-state index in [-0.39, 0.29) is 11.8 Å². The molecule has 0 unspecified atom stereocenters. The second-order valence-electron chi connectivity index (χ2n) is 5.06. The zero-order chi connectivity index (χ0) is 16.2. The normalized spacial score (nSPS) is 10.7. The van der Waals surface area contributed by atoms with Gasteiger partial charge in [-0.25, -0.2) is 0 Å². The Kier molecular flexibility index (Phi) is 4.43. The van der Waals surface area contributed by atoms with Crippen molar-refractivity contribution in [2.75, 3.05) is 5.73 Å². The lowest BCUT2D eigenvalue weighted by Crippen LogP contribution is -2.23. The van der Waals surface area contributed by atoms with E-state index in [1.165, 1.54) is 4.88 Å². The average Bonchev–Trinajstić information content (AvgIpc) is 3.20. The smallest absolute Gasteiger partial charge is 0.259 e. The molecule has 0 atom stereocenters. The maximum absolute atomic E-state index is 12.5. The van der Waals surface area contributed by atoms with Gasteiger partial charge < -0.3 is 15.6 Å². The van der Waals surface area contributed by atoms with E-state index < -0.39 is 0 Å². The van der Waals surface area contributed by atoms with Crippen LogP contribution in [0.2, 0.25) is 0 Å². The highest BCUT2D eigenvalue weighted by Crippen LogP contribution is 2.32. The topological polar surface area (TPSA) is 81.2 Å². The van der Waals surface area contributed by atoms with Crippen LogP contribution in [0.4, 0.5) is 5.88 Å². The van der Waals surface area contributed by atoms with Crippen LogP contribution < -0.4 is 11.1 Å². The van der Waals surface area contributed by atoms with Crippen LogP contribution in [-0.4, -0.2) is 11.1 Å². The van der Waals surface area contributed by atoms with E-state index in [1.54, 1.807) is 11.3 Å². The molecule has 0 saturated heterocycles. The molecule has 0 saturated carbocycles. The molecule has 118 valence electrons. The van der Waals surface area contributed by atoms with E-state index in [2.05, 4.69) is 17.4 Å². The Balaban J connectivity index is 1.81. The zero-order valence-corrected chi connectivity index (χ0v) is 13.5. The maximum atomic E-state index is 12.5. The predicted molar refractivity (Wildman–Crippen MR) is 91.2 cm³/mol. The number of hydrogen-bond acceptors (Lipinski definition) is 5. The Hall–Kier alpha value is -2.60. The van der Waals surface area contributed by atoms with E-state index >= 15 is 0 Å². The number of aromatic nitrogens is 1. The lowest BCUT2D eigenvalue weighted by atomic mass is 10.1. The Morgan fingerprint density at radius 2 is 2.04 bits per heavy atom. The third-order valence-electron chi connectivity index (χ3n) is 3.48. The number of carbonyl (C=O) groups excluding carboxylic acids is 1. The van der Waals surface area contributed by atoms with Crippen LogP contribution in [0.25, 0.3) is 10.6 Å². The minimum atomic E-state index is -0.283. The number of aryl methyl sites for hydroxylation is 1. The van der Waals surface area contributed by atoms with Crippen LogP contribution >= 0.6 is 11.3 Å². The molecule has 0 fully saturated rings. The highest BCUT2D eigenvalue weighted by atomic mass is 32.1. The highest BCUT2D eigenvalue weighted by molar-refractivity contribution is 7.15. The quantitative estimate of drug-likeness (QED) is 0.752. The van der Waals surface area contributed by atoms with Crippen LogP contribution in [0.3, 0.4) is 0 Å². The molecule has 2 heterocycles. The molecular formula is C17H17N3O2S. The second-order valence-corrected chi connectivity index (χ2v) is 6.23. The van der Waals surface area contributed by atoms with Crippen LogP contribution in [0.5, 0.6) is 0 Å². The standard InChI is InChI=1S/C17H17N3O2S/c1-2-12-8-9-13(23-12)15-14(16(18)22-20-15)17(21)19-10-11-6-4-3-5-7-11/h3-9H,2,10,18H2,1H3,(H,19,21). The molecule has 3 rings (SSSR count). The molecule has 0 spiro atoms. The van der Waals surface area contributed by atoms with Crippen LogP contribution in [0.1, 0.15) is 27.7 Å². The van der Waals surface area contributed by atoms with Crippen molar-refractivity contribution in [3.8, 4) is 10.6 Å². The summed E-state index contributed by atoms with van der Waals surface area (Å²) in [5, 5.41) is 6.82. The second kappa shape index (κ2) is 6.66. The van der Waals surface area contributed by atoms with Crippen molar-refractivity contribution in [1.82, 2.24) is 10.5 Å². The van der Waals surface area contributed by atoms with Gasteiger partial charge in [-0.05, 0) is 24.1 Å².